The van der Waals surface area contributed by atoms with E-state index in [0.717, 1.165) is 0 Å². The SMILES string of the molecule is CC(=O)NCC#Cc1ccc(C(=O)CC(=O)C(F)(F)F)cc1. The number of carbonyl (C=O) groups is 3. The largest absolute Gasteiger partial charge is 0.450 e. The summed E-state index contributed by atoms with van der Waals surface area (Å²) in [6.45, 7) is 1.51. The lowest BCUT2D eigenvalue weighted by Crippen LogP contribution is -2.25. The number of rotatable bonds is 4. The van der Waals surface area contributed by atoms with E-state index >= 15 is 0 Å². The molecule has 1 amide bonds. The number of halogens is 3. The second-order valence-corrected chi connectivity index (χ2v) is 4.31. The highest BCUT2D eigenvalue weighted by atomic mass is 19.4. The molecule has 0 aliphatic heterocycles. The van der Waals surface area contributed by atoms with Crippen LogP contribution in [0.15, 0.2) is 24.3 Å². The highest BCUT2D eigenvalue weighted by Crippen LogP contribution is 2.19. The van der Waals surface area contributed by atoms with Gasteiger partial charge in [-0.3, -0.25) is 14.4 Å². The Morgan fingerprint density at radius 1 is 1.14 bits per heavy atom. The predicted molar refractivity (Wildman–Crippen MR) is 72.0 cm³/mol. The Morgan fingerprint density at radius 3 is 2.23 bits per heavy atom. The van der Waals surface area contributed by atoms with Gasteiger partial charge in [-0.1, -0.05) is 24.0 Å². The van der Waals surface area contributed by atoms with Gasteiger partial charge in [-0.25, -0.2) is 0 Å². The minimum atomic E-state index is -5.01. The second-order valence-electron chi connectivity index (χ2n) is 4.31. The molecule has 0 aliphatic carbocycles. The third kappa shape index (κ3) is 5.79. The number of ketones is 2. The summed E-state index contributed by atoms with van der Waals surface area (Å²) in [5, 5.41) is 2.47. The maximum Gasteiger partial charge on any atom is 0.450 e. The van der Waals surface area contributed by atoms with Crippen LogP contribution in [0, 0.1) is 11.8 Å². The van der Waals surface area contributed by atoms with E-state index in [0.29, 0.717) is 5.56 Å². The van der Waals surface area contributed by atoms with E-state index in [4.69, 9.17) is 0 Å². The number of nitrogens with one attached hydrogen (secondary N) is 1. The summed E-state index contributed by atoms with van der Waals surface area (Å²) >= 11 is 0. The molecule has 0 radical (unpaired) electrons. The van der Waals surface area contributed by atoms with E-state index < -0.39 is 24.2 Å². The quantitative estimate of drug-likeness (QED) is 0.524. The van der Waals surface area contributed by atoms with Crippen LogP contribution in [0.25, 0.3) is 0 Å². The number of hydrogen-bond donors (Lipinski definition) is 1. The molecule has 1 aromatic carbocycles. The number of alkyl halides is 3. The zero-order valence-corrected chi connectivity index (χ0v) is 11.6. The fourth-order valence-electron chi connectivity index (χ4n) is 1.40. The van der Waals surface area contributed by atoms with Crippen LogP contribution in [0.4, 0.5) is 13.2 Å². The normalized spacial score (nSPS) is 10.4. The molecule has 22 heavy (non-hydrogen) atoms. The highest BCUT2D eigenvalue weighted by molar-refractivity contribution is 6.09. The fourth-order valence-corrected chi connectivity index (χ4v) is 1.40. The average Bonchev–Trinajstić information content (AvgIpc) is 2.43. The Bertz CT molecular complexity index is 637. The van der Waals surface area contributed by atoms with Crippen LogP contribution >= 0.6 is 0 Å². The summed E-state index contributed by atoms with van der Waals surface area (Å²) in [6, 6.07) is 5.50. The van der Waals surface area contributed by atoms with Crippen LogP contribution in [0.3, 0.4) is 0 Å². The molecule has 0 saturated carbocycles. The molecule has 0 saturated heterocycles. The van der Waals surface area contributed by atoms with Gasteiger partial charge < -0.3 is 5.32 Å². The van der Waals surface area contributed by atoms with Gasteiger partial charge in [-0.15, -0.1) is 0 Å². The summed E-state index contributed by atoms with van der Waals surface area (Å²) in [5.74, 6) is 2.18. The molecular formula is C15H12F3NO3. The molecule has 0 spiro atoms. The van der Waals surface area contributed by atoms with Crippen molar-refractivity contribution in [2.75, 3.05) is 6.54 Å². The van der Waals surface area contributed by atoms with E-state index in [1.807, 2.05) is 0 Å². The zero-order valence-electron chi connectivity index (χ0n) is 11.6. The number of carbonyl (C=O) groups excluding carboxylic acids is 3. The van der Waals surface area contributed by atoms with Crippen LogP contribution < -0.4 is 5.32 Å². The van der Waals surface area contributed by atoms with Gasteiger partial charge in [-0.2, -0.15) is 13.2 Å². The Morgan fingerprint density at radius 2 is 1.73 bits per heavy atom. The maximum absolute atomic E-state index is 12.1. The van der Waals surface area contributed by atoms with Gasteiger partial charge in [0.2, 0.25) is 11.7 Å². The van der Waals surface area contributed by atoms with Crippen molar-refractivity contribution >= 4 is 17.5 Å². The van der Waals surface area contributed by atoms with Crippen molar-refractivity contribution in [1.29, 1.82) is 0 Å². The molecule has 7 heteroatoms. The maximum atomic E-state index is 12.1. The molecule has 0 atom stereocenters. The monoisotopic (exact) mass is 311 g/mol. The lowest BCUT2D eigenvalue weighted by atomic mass is 10.0. The van der Waals surface area contributed by atoms with Crippen LogP contribution in [-0.4, -0.2) is 30.2 Å². The van der Waals surface area contributed by atoms with Crippen molar-refractivity contribution in [3.05, 3.63) is 35.4 Å². The molecular weight excluding hydrogens is 299 g/mol. The third-order valence-electron chi connectivity index (χ3n) is 2.50. The van der Waals surface area contributed by atoms with Crippen molar-refractivity contribution in [2.45, 2.75) is 19.5 Å². The lowest BCUT2D eigenvalue weighted by Gasteiger charge is -2.04. The number of benzene rings is 1. The smallest absolute Gasteiger partial charge is 0.345 e. The van der Waals surface area contributed by atoms with Crippen molar-refractivity contribution < 1.29 is 27.6 Å². The first kappa shape index (κ1) is 17.4. The van der Waals surface area contributed by atoms with Gasteiger partial charge in [0.1, 0.15) is 0 Å². The summed E-state index contributed by atoms with van der Waals surface area (Å²) in [5.41, 5.74) is 0.536. The van der Waals surface area contributed by atoms with Crippen LogP contribution in [0.2, 0.25) is 0 Å². The topological polar surface area (TPSA) is 63.2 Å². The van der Waals surface area contributed by atoms with E-state index in [1.54, 1.807) is 0 Å². The molecule has 116 valence electrons. The predicted octanol–water partition coefficient (Wildman–Crippen LogP) is 1.88. The number of Topliss-reactive ketones (excluding diaryl/α,β-unsaturated/α-hetero) is 2. The number of hydrogen-bond acceptors (Lipinski definition) is 3. The van der Waals surface area contributed by atoms with Crippen LogP contribution in [-0.2, 0) is 9.59 Å². The molecule has 0 fully saturated rings. The molecule has 0 unspecified atom stereocenters. The first-order valence-corrected chi connectivity index (χ1v) is 6.16. The standard InChI is InChI=1S/C15H12F3NO3/c1-10(20)19-8-2-3-11-4-6-12(7-5-11)13(21)9-14(22)15(16,17)18/h4-7H,8-9H2,1H3,(H,19,20). The van der Waals surface area contributed by atoms with Gasteiger partial charge in [0.15, 0.2) is 5.78 Å². The van der Waals surface area contributed by atoms with Crippen LogP contribution in [0.1, 0.15) is 29.3 Å². The van der Waals surface area contributed by atoms with Gasteiger partial charge in [0.05, 0.1) is 13.0 Å². The molecule has 0 bridgehead atoms. The zero-order chi connectivity index (χ0) is 16.8. The van der Waals surface area contributed by atoms with Gasteiger partial charge in [0, 0.05) is 18.1 Å². The van der Waals surface area contributed by atoms with E-state index in [1.165, 1.54) is 31.2 Å². The molecule has 1 aromatic rings. The summed E-state index contributed by atoms with van der Waals surface area (Å²) in [6.07, 6.45) is -6.22. The van der Waals surface area contributed by atoms with Gasteiger partial charge >= 0.3 is 6.18 Å². The second kappa shape index (κ2) is 7.41. The summed E-state index contributed by atoms with van der Waals surface area (Å²) in [7, 11) is 0. The highest BCUT2D eigenvalue weighted by Gasteiger charge is 2.39. The minimum Gasteiger partial charge on any atom is -0.345 e. The van der Waals surface area contributed by atoms with Crippen molar-refractivity contribution in [3.8, 4) is 11.8 Å². The van der Waals surface area contributed by atoms with Crippen molar-refractivity contribution in [1.82, 2.24) is 5.32 Å². The van der Waals surface area contributed by atoms with Crippen molar-refractivity contribution in [3.63, 3.8) is 0 Å². The first-order chi connectivity index (χ1) is 10.2. The number of amides is 1. The Labute approximate surface area is 124 Å². The minimum absolute atomic E-state index is 0.00464. The first-order valence-electron chi connectivity index (χ1n) is 6.16. The fraction of sp³-hybridized carbons (Fsp3) is 0.267. The summed E-state index contributed by atoms with van der Waals surface area (Å²) < 4.78 is 36.2. The average molecular weight is 311 g/mol. The Balaban J connectivity index is 2.66. The van der Waals surface area contributed by atoms with Gasteiger partial charge in [0.25, 0.3) is 0 Å². The molecule has 4 nitrogen and oxygen atoms in total. The van der Waals surface area contributed by atoms with E-state index in [-0.39, 0.29) is 18.0 Å². The molecule has 1 N–H and O–H groups in total. The molecule has 1 rings (SSSR count). The molecule has 0 aliphatic rings. The molecule has 0 heterocycles. The lowest BCUT2D eigenvalue weighted by molar-refractivity contribution is -0.170. The summed E-state index contributed by atoms with van der Waals surface area (Å²) in [4.78, 5) is 32.9. The third-order valence-corrected chi connectivity index (χ3v) is 2.50. The Hall–Kier alpha value is -2.62. The van der Waals surface area contributed by atoms with Gasteiger partial charge in [-0.05, 0) is 12.1 Å². The van der Waals surface area contributed by atoms with Crippen molar-refractivity contribution in [2.24, 2.45) is 0 Å². The molecule has 0 aromatic heterocycles. The van der Waals surface area contributed by atoms with Crippen LogP contribution in [0.5, 0.6) is 0 Å². The Kier molecular flexibility index (Phi) is 5.87. The van der Waals surface area contributed by atoms with E-state index in [2.05, 4.69) is 17.2 Å². The van der Waals surface area contributed by atoms with E-state index in [9.17, 15) is 27.6 Å².